The molecule has 120 valence electrons. The standard InChI is InChI=1S/C16H16F3NO.ClH/c17-16(18,19)13-6-8-14(9-7-13)21-15(10-11-20)12-4-2-1-3-5-12;/h1-9,15H,10-11,20H2;1H/i1D,2D,3D,4D,5D;. The van der Waals surface area contributed by atoms with E-state index in [9.17, 15) is 13.2 Å². The molecule has 2 aromatic rings. The van der Waals surface area contributed by atoms with Crippen molar-refractivity contribution in [3.8, 4) is 5.75 Å². The Labute approximate surface area is 140 Å². The van der Waals surface area contributed by atoms with Crippen molar-refractivity contribution in [2.45, 2.75) is 18.7 Å². The summed E-state index contributed by atoms with van der Waals surface area (Å²) in [4.78, 5) is 0. The third kappa shape index (κ3) is 4.93. The first-order valence-electron chi connectivity index (χ1n) is 8.68. The van der Waals surface area contributed by atoms with Crippen molar-refractivity contribution < 1.29 is 24.8 Å². The van der Waals surface area contributed by atoms with E-state index >= 15 is 0 Å². The molecule has 0 heterocycles. The number of rotatable bonds is 5. The van der Waals surface area contributed by atoms with Crippen LogP contribution < -0.4 is 10.5 Å². The second-order valence-electron chi connectivity index (χ2n) is 4.24. The van der Waals surface area contributed by atoms with Gasteiger partial charge in [-0.05, 0) is 36.4 Å². The molecule has 0 aliphatic heterocycles. The number of hydrogen-bond donors (Lipinski definition) is 1. The molecule has 0 spiro atoms. The highest BCUT2D eigenvalue weighted by Gasteiger charge is 2.30. The first-order chi connectivity index (χ1) is 12.1. The first-order valence-corrected chi connectivity index (χ1v) is 6.18. The van der Waals surface area contributed by atoms with Gasteiger partial charge >= 0.3 is 6.18 Å². The van der Waals surface area contributed by atoms with Gasteiger partial charge in [0.25, 0.3) is 0 Å². The van der Waals surface area contributed by atoms with Crippen LogP contribution in [0.5, 0.6) is 5.75 Å². The highest BCUT2D eigenvalue weighted by Crippen LogP contribution is 2.31. The van der Waals surface area contributed by atoms with Gasteiger partial charge in [-0.25, -0.2) is 0 Å². The Bertz CT molecular complexity index is 773. The van der Waals surface area contributed by atoms with Gasteiger partial charge in [0.05, 0.1) is 12.4 Å². The monoisotopic (exact) mass is 336 g/mol. The van der Waals surface area contributed by atoms with Crippen LogP contribution in [0.4, 0.5) is 13.2 Å². The maximum absolute atomic E-state index is 12.6. The summed E-state index contributed by atoms with van der Waals surface area (Å²) >= 11 is 0. The van der Waals surface area contributed by atoms with Crippen molar-refractivity contribution in [1.82, 2.24) is 0 Å². The molecule has 0 aliphatic rings. The maximum atomic E-state index is 12.6. The second kappa shape index (κ2) is 8.06. The molecule has 2 N–H and O–H groups in total. The molecule has 0 aliphatic carbocycles. The zero-order chi connectivity index (χ0) is 19.6. The summed E-state index contributed by atoms with van der Waals surface area (Å²) in [7, 11) is 0. The lowest BCUT2D eigenvalue weighted by molar-refractivity contribution is -0.137. The number of ether oxygens (including phenoxy) is 1. The van der Waals surface area contributed by atoms with Crippen LogP contribution in [0, 0.1) is 0 Å². The van der Waals surface area contributed by atoms with Crippen molar-refractivity contribution in [1.29, 1.82) is 0 Å². The third-order valence-corrected chi connectivity index (χ3v) is 2.73. The van der Waals surface area contributed by atoms with Crippen LogP contribution in [0.15, 0.2) is 54.5 Å². The molecule has 2 aromatic carbocycles. The van der Waals surface area contributed by atoms with Crippen molar-refractivity contribution in [3.05, 3.63) is 65.6 Å². The fourth-order valence-corrected chi connectivity index (χ4v) is 1.72. The van der Waals surface area contributed by atoms with Crippen LogP contribution in [-0.4, -0.2) is 6.54 Å². The zero-order valence-corrected chi connectivity index (χ0v) is 12.1. The fourth-order valence-electron chi connectivity index (χ4n) is 1.72. The number of nitrogens with two attached hydrogens (primary N) is 1. The second-order valence-corrected chi connectivity index (χ2v) is 4.24. The van der Waals surface area contributed by atoms with Gasteiger partial charge in [-0.2, -0.15) is 13.2 Å². The predicted octanol–water partition coefficient (Wildman–Crippen LogP) is 4.60. The number of halogens is 4. The van der Waals surface area contributed by atoms with Gasteiger partial charge in [-0.1, -0.05) is 30.2 Å². The lowest BCUT2D eigenvalue weighted by atomic mass is 10.1. The molecule has 0 fully saturated rings. The molecule has 6 heteroatoms. The molecule has 2 nitrogen and oxygen atoms in total. The molecule has 22 heavy (non-hydrogen) atoms. The minimum Gasteiger partial charge on any atom is -0.486 e. The number of alkyl halides is 3. The minimum atomic E-state index is -4.48. The largest absolute Gasteiger partial charge is 0.486 e. The van der Waals surface area contributed by atoms with Gasteiger partial charge in [-0.15, -0.1) is 12.4 Å². The van der Waals surface area contributed by atoms with E-state index < -0.39 is 48.1 Å². The third-order valence-electron chi connectivity index (χ3n) is 2.73. The first kappa shape index (κ1) is 11.8. The number of hydrogen-bond acceptors (Lipinski definition) is 2. The van der Waals surface area contributed by atoms with E-state index in [-0.39, 0.29) is 36.7 Å². The van der Waals surface area contributed by atoms with Crippen molar-refractivity contribution >= 4 is 12.4 Å². The van der Waals surface area contributed by atoms with Crippen molar-refractivity contribution in [2.24, 2.45) is 5.73 Å². The Hall–Kier alpha value is -1.72. The SMILES string of the molecule is Cl.[2H]c1c([2H])c([2H])c(C(CCN)Oc2ccc(C(F)(F)F)cc2)c([2H])c1[2H]. The van der Waals surface area contributed by atoms with Crippen LogP contribution in [0.25, 0.3) is 0 Å². The van der Waals surface area contributed by atoms with Crippen molar-refractivity contribution in [3.63, 3.8) is 0 Å². The summed E-state index contributed by atoms with van der Waals surface area (Å²) < 4.78 is 82.5. The highest BCUT2D eigenvalue weighted by atomic mass is 35.5. The predicted molar refractivity (Wildman–Crippen MR) is 82.2 cm³/mol. The molecule has 0 radical (unpaired) electrons. The Morgan fingerprint density at radius 1 is 1.09 bits per heavy atom. The van der Waals surface area contributed by atoms with Crippen LogP contribution in [0.2, 0.25) is 0 Å². The van der Waals surface area contributed by atoms with Crippen molar-refractivity contribution in [2.75, 3.05) is 6.54 Å². The highest BCUT2D eigenvalue weighted by molar-refractivity contribution is 5.85. The Morgan fingerprint density at radius 2 is 1.68 bits per heavy atom. The molecule has 1 atom stereocenters. The normalized spacial score (nSPS) is 15.5. The molecular weight excluding hydrogens is 315 g/mol. The molecule has 0 saturated carbocycles. The van der Waals surface area contributed by atoms with E-state index in [0.717, 1.165) is 24.3 Å². The lowest BCUT2D eigenvalue weighted by Crippen LogP contribution is -2.13. The van der Waals surface area contributed by atoms with E-state index in [1.807, 2.05) is 0 Å². The topological polar surface area (TPSA) is 35.2 Å². The molecule has 0 aromatic heterocycles. The molecular formula is C16H17ClF3NO. The quantitative estimate of drug-likeness (QED) is 0.866. The van der Waals surface area contributed by atoms with Crippen LogP contribution in [-0.2, 0) is 6.18 Å². The molecule has 0 saturated heterocycles. The summed E-state index contributed by atoms with van der Waals surface area (Å²) in [6.45, 7) is 0.0907. The summed E-state index contributed by atoms with van der Waals surface area (Å²) in [5.41, 5.74) is 4.60. The lowest BCUT2D eigenvalue weighted by Gasteiger charge is -2.19. The smallest absolute Gasteiger partial charge is 0.416 e. The van der Waals surface area contributed by atoms with E-state index in [2.05, 4.69) is 0 Å². The minimum absolute atomic E-state index is 0. The fraction of sp³-hybridized carbons (Fsp3) is 0.250. The Morgan fingerprint density at radius 3 is 2.18 bits per heavy atom. The van der Waals surface area contributed by atoms with Crippen LogP contribution in [0.3, 0.4) is 0 Å². The van der Waals surface area contributed by atoms with Crippen LogP contribution in [0.1, 0.15) is 30.5 Å². The van der Waals surface area contributed by atoms with E-state index in [1.54, 1.807) is 0 Å². The summed E-state index contributed by atoms with van der Waals surface area (Å²) in [6.07, 6.45) is -5.36. The van der Waals surface area contributed by atoms with E-state index in [1.165, 1.54) is 0 Å². The average molecular weight is 337 g/mol. The zero-order valence-electron chi connectivity index (χ0n) is 16.3. The Balaban J connectivity index is 0.00000364. The van der Waals surface area contributed by atoms with Gasteiger partial charge in [0.2, 0.25) is 0 Å². The molecule has 1 unspecified atom stereocenters. The van der Waals surface area contributed by atoms with E-state index in [0.29, 0.717) is 0 Å². The summed E-state index contributed by atoms with van der Waals surface area (Å²) in [6, 6.07) is 1.49. The number of benzene rings is 2. The van der Waals surface area contributed by atoms with Gasteiger partial charge in [-0.3, -0.25) is 0 Å². The van der Waals surface area contributed by atoms with E-state index in [4.69, 9.17) is 17.3 Å². The van der Waals surface area contributed by atoms with Gasteiger partial charge in [0.15, 0.2) is 0 Å². The maximum Gasteiger partial charge on any atom is 0.416 e. The van der Waals surface area contributed by atoms with Gasteiger partial charge < -0.3 is 10.5 Å². The summed E-state index contributed by atoms with van der Waals surface area (Å²) in [5.74, 6) is 0.0725. The average Bonchev–Trinajstić information content (AvgIpc) is 2.58. The molecule has 0 amide bonds. The van der Waals surface area contributed by atoms with Gasteiger partial charge in [0, 0.05) is 6.42 Å². The van der Waals surface area contributed by atoms with Crippen LogP contribution >= 0.6 is 12.4 Å². The Kier molecular flexibility index (Phi) is 4.32. The molecule has 2 rings (SSSR count). The summed E-state index contributed by atoms with van der Waals surface area (Å²) in [5, 5.41) is 0. The molecule has 0 bridgehead atoms. The van der Waals surface area contributed by atoms with Gasteiger partial charge in [0.1, 0.15) is 11.9 Å².